The van der Waals surface area contributed by atoms with E-state index in [4.69, 9.17) is 0 Å². The summed E-state index contributed by atoms with van der Waals surface area (Å²) >= 11 is 0. The van der Waals surface area contributed by atoms with E-state index in [1.165, 1.54) is 34.0 Å². The maximum absolute atomic E-state index is 15.2. The molecular formula is C31H24F3N3O3. The topological polar surface area (TPSA) is 65.8 Å². The molecule has 1 N–H and O–H groups in total. The number of carbonyl (C=O) groups is 1. The van der Waals surface area contributed by atoms with E-state index in [2.05, 4.69) is 0 Å². The molecule has 0 spiro atoms. The number of fused-ring (bicyclic) bond motifs is 6. The molecule has 3 aliphatic rings. The zero-order valence-electron chi connectivity index (χ0n) is 21.3. The number of aromatic nitrogens is 1. The highest BCUT2D eigenvalue weighted by Crippen LogP contribution is 2.57. The quantitative estimate of drug-likeness (QED) is 0.419. The van der Waals surface area contributed by atoms with Gasteiger partial charge in [-0.25, -0.2) is 13.2 Å². The van der Waals surface area contributed by atoms with E-state index in [0.29, 0.717) is 24.0 Å². The molecule has 0 saturated carbocycles. The number of hydrogen-bond donors (Lipinski definition) is 1. The van der Waals surface area contributed by atoms with E-state index in [0.717, 1.165) is 22.8 Å². The molecule has 1 aliphatic heterocycles. The van der Waals surface area contributed by atoms with Crippen LogP contribution in [0.2, 0.25) is 0 Å². The lowest BCUT2D eigenvalue weighted by Gasteiger charge is -2.50. The summed E-state index contributed by atoms with van der Waals surface area (Å²) in [7, 11) is 0. The zero-order valence-corrected chi connectivity index (χ0v) is 21.3. The van der Waals surface area contributed by atoms with Crippen molar-refractivity contribution in [2.24, 2.45) is 5.92 Å². The van der Waals surface area contributed by atoms with Crippen molar-refractivity contribution in [2.75, 3.05) is 18.2 Å². The maximum Gasteiger partial charge on any atom is 0.277 e. The van der Waals surface area contributed by atoms with Crippen LogP contribution in [0, 0.1) is 23.4 Å². The van der Waals surface area contributed by atoms with Gasteiger partial charge in [0.15, 0.2) is 23.1 Å². The molecule has 202 valence electrons. The van der Waals surface area contributed by atoms with Gasteiger partial charge in [0.05, 0.1) is 0 Å². The fourth-order valence-electron chi connectivity index (χ4n) is 6.90. The molecule has 2 atom stereocenters. The van der Waals surface area contributed by atoms with Crippen LogP contribution in [0.3, 0.4) is 0 Å². The number of aromatic hydroxyl groups is 1. The van der Waals surface area contributed by atoms with Crippen molar-refractivity contribution in [2.45, 2.75) is 24.8 Å². The number of hydrogen-bond acceptors (Lipinski definition) is 4. The molecule has 0 bridgehead atoms. The fourth-order valence-corrected chi connectivity index (χ4v) is 6.90. The van der Waals surface area contributed by atoms with Crippen LogP contribution in [0.5, 0.6) is 5.75 Å². The van der Waals surface area contributed by atoms with Crippen LogP contribution in [0.1, 0.15) is 38.3 Å². The smallest absolute Gasteiger partial charge is 0.277 e. The predicted molar refractivity (Wildman–Crippen MR) is 141 cm³/mol. The first-order valence-corrected chi connectivity index (χ1v) is 13.1. The van der Waals surface area contributed by atoms with E-state index in [9.17, 15) is 23.5 Å². The Kier molecular flexibility index (Phi) is 5.35. The molecule has 3 aromatic carbocycles. The standard InChI is InChI=1S/C31H24F3N3O3/c32-21-7-5-18(6-8-21)11-13-35-17-37(36-14-12-26(38)29(39)28(36)30(35)40)31-20(15-19-3-1-2-4-23(19)31)16-22-24(31)9-10-25(33)27(22)34/h1-10,12,14,20,39H,11,13,15-17H2. The molecule has 4 aromatic rings. The van der Waals surface area contributed by atoms with E-state index >= 15 is 4.39 Å². The second kappa shape index (κ2) is 8.74. The van der Waals surface area contributed by atoms with Crippen LogP contribution in [-0.2, 0) is 24.8 Å². The molecule has 6 nitrogen and oxygen atoms in total. The predicted octanol–water partition coefficient (Wildman–Crippen LogP) is 4.24. The second-order valence-corrected chi connectivity index (χ2v) is 10.6. The number of nitrogens with zero attached hydrogens (tertiary/aromatic N) is 3. The van der Waals surface area contributed by atoms with Gasteiger partial charge in [0.25, 0.3) is 5.91 Å². The first-order valence-electron chi connectivity index (χ1n) is 13.1. The number of halogens is 3. The summed E-state index contributed by atoms with van der Waals surface area (Å²) in [6.45, 7) is 0.273. The largest absolute Gasteiger partial charge is 0.502 e. The maximum atomic E-state index is 15.2. The average Bonchev–Trinajstić information content (AvgIpc) is 3.45. The van der Waals surface area contributed by atoms with Crippen LogP contribution in [0.15, 0.2) is 77.7 Å². The SMILES string of the molecule is O=C1c2c(O)c(=O)ccn2N(C23c4ccccc4CC2Cc2c3ccc(F)c2F)CN1CCc1ccc(F)cc1. The number of amides is 1. The van der Waals surface area contributed by atoms with Crippen molar-refractivity contribution in [1.29, 1.82) is 0 Å². The molecule has 2 heterocycles. The van der Waals surface area contributed by atoms with Gasteiger partial charge in [-0.15, -0.1) is 0 Å². The lowest BCUT2D eigenvalue weighted by molar-refractivity contribution is 0.0649. The summed E-state index contributed by atoms with van der Waals surface area (Å²) in [4.78, 5) is 27.8. The first kappa shape index (κ1) is 24.5. The Labute approximate surface area is 227 Å². The summed E-state index contributed by atoms with van der Waals surface area (Å²) < 4.78 is 44.6. The molecule has 9 heteroatoms. The van der Waals surface area contributed by atoms with Gasteiger partial charge in [-0.1, -0.05) is 42.5 Å². The molecule has 2 unspecified atom stereocenters. The van der Waals surface area contributed by atoms with Crippen LogP contribution < -0.4 is 10.4 Å². The van der Waals surface area contributed by atoms with Gasteiger partial charge < -0.3 is 10.0 Å². The number of pyridine rings is 1. The third-order valence-corrected chi connectivity index (χ3v) is 8.64. The Morgan fingerprint density at radius 3 is 2.48 bits per heavy atom. The number of rotatable bonds is 4. The van der Waals surface area contributed by atoms with Crippen molar-refractivity contribution in [3.05, 3.63) is 134 Å². The fraction of sp³-hybridized carbons (Fsp3) is 0.226. The van der Waals surface area contributed by atoms with Gasteiger partial charge in [0.2, 0.25) is 5.43 Å². The molecule has 2 aliphatic carbocycles. The van der Waals surface area contributed by atoms with Crippen molar-refractivity contribution in [1.82, 2.24) is 9.58 Å². The Morgan fingerprint density at radius 2 is 1.68 bits per heavy atom. The zero-order chi connectivity index (χ0) is 27.8. The van der Waals surface area contributed by atoms with Gasteiger partial charge in [-0.05, 0) is 65.3 Å². The van der Waals surface area contributed by atoms with Crippen LogP contribution in [0.4, 0.5) is 13.2 Å². The number of carbonyl (C=O) groups excluding carboxylic acids is 1. The summed E-state index contributed by atoms with van der Waals surface area (Å²) in [6, 6.07) is 17.7. The van der Waals surface area contributed by atoms with Crippen LogP contribution in [0.25, 0.3) is 0 Å². The van der Waals surface area contributed by atoms with Crippen molar-refractivity contribution >= 4 is 5.91 Å². The molecule has 0 fully saturated rings. The molecule has 7 rings (SSSR count). The van der Waals surface area contributed by atoms with E-state index < -0.39 is 34.3 Å². The molecule has 0 radical (unpaired) electrons. The normalized spacial score (nSPS) is 20.8. The summed E-state index contributed by atoms with van der Waals surface area (Å²) in [6.07, 6.45) is 2.75. The van der Waals surface area contributed by atoms with Gasteiger partial charge in [0.1, 0.15) is 18.0 Å². The number of benzene rings is 3. The summed E-state index contributed by atoms with van der Waals surface area (Å²) in [5, 5.41) is 12.8. The second-order valence-electron chi connectivity index (χ2n) is 10.6. The van der Waals surface area contributed by atoms with E-state index in [1.54, 1.807) is 18.2 Å². The van der Waals surface area contributed by atoms with Crippen molar-refractivity contribution in [3.8, 4) is 5.75 Å². The summed E-state index contributed by atoms with van der Waals surface area (Å²) in [5.41, 5.74) is 1.79. The summed E-state index contributed by atoms with van der Waals surface area (Å²) in [5.74, 6) is -3.57. The minimum Gasteiger partial charge on any atom is -0.502 e. The molecule has 1 amide bonds. The minimum atomic E-state index is -0.994. The lowest BCUT2D eigenvalue weighted by Crippen LogP contribution is -2.63. The first-order chi connectivity index (χ1) is 19.3. The third-order valence-electron chi connectivity index (χ3n) is 8.64. The van der Waals surface area contributed by atoms with Crippen molar-refractivity contribution < 1.29 is 23.1 Å². The minimum absolute atomic E-state index is 0.0542. The Balaban J connectivity index is 1.43. The van der Waals surface area contributed by atoms with Gasteiger partial charge >= 0.3 is 0 Å². The van der Waals surface area contributed by atoms with E-state index in [-0.39, 0.29) is 37.1 Å². The molecule has 1 aromatic heterocycles. The molecular weight excluding hydrogens is 519 g/mol. The van der Waals surface area contributed by atoms with Gasteiger partial charge in [-0.2, -0.15) is 0 Å². The van der Waals surface area contributed by atoms with Gasteiger partial charge in [-0.3, -0.25) is 19.3 Å². The lowest BCUT2D eigenvalue weighted by atomic mass is 9.81. The average molecular weight is 544 g/mol. The van der Waals surface area contributed by atoms with Crippen molar-refractivity contribution in [3.63, 3.8) is 0 Å². The van der Waals surface area contributed by atoms with Gasteiger partial charge in [0, 0.05) is 24.7 Å². The highest BCUT2D eigenvalue weighted by atomic mass is 19.2. The Hall–Kier alpha value is -4.53. The monoisotopic (exact) mass is 543 g/mol. The third kappa shape index (κ3) is 3.30. The molecule has 0 saturated heterocycles. The van der Waals surface area contributed by atoms with Crippen LogP contribution >= 0.6 is 0 Å². The Bertz CT molecular complexity index is 1750. The van der Waals surface area contributed by atoms with Crippen LogP contribution in [-0.4, -0.2) is 33.8 Å². The molecule has 40 heavy (non-hydrogen) atoms. The van der Waals surface area contributed by atoms with E-state index in [1.807, 2.05) is 29.3 Å². The highest BCUT2D eigenvalue weighted by molar-refractivity contribution is 5.96. The Morgan fingerprint density at radius 1 is 0.900 bits per heavy atom. The highest BCUT2D eigenvalue weighted by Gasteiger charge is 2.59.